The minimum Gasteiger partial charge on any atom is -0.396 e. The molecule has 1 amide bonds. The lowest BCUT2D eigenvalue weighted by Gasteiger charge is -2.25. The number of carbonyl (C=O) groups excluding carboxylic acids is 1. The van der Waals surface area contributed by atoms with Gasteiger partial charge in [-0.25, -0.2) is 0 Å². The Hall–Kier alpha value is -0.610. The summed E-state index contributed by atoms with van der Waals surface area (Å²) in [6.07, 6.45) is 3.32. The van der Waals surface area contributed by atoms with Crippen LogP contribution in [0.2, 0.25) is 0 Å². The van der Waals surface area contributed by atoms with Crippen molar-refractivity contribution in [2.45, 2.75) is 33.1 Å². The Balaban J connectivity index is 1.79. The minimum absolute atomic E-state index is 0.104. The van der Waals surface area contributed by atoms with Gasteiger partial charge in [0.2, 0.25) is 5.91 Å². The summed E-state index contributed by atoms with van der Waals surface area (Å²) >= 11 is 0. The summed E-state index contributed by atoms with van der Waals surface area (Å²) in [5, 5.41) is 15.5. The van der Waals surface area contributed by atoms with Gasteiger partial charge in [-0.05, 0) is 37.8 Å². The monoisotopic (exact) mass is 240 g/mol. The van der Waals surface area contributed by atoms with Crippen molar-refractivity contribution in [2.24, 2.45) is 16.7 Å². The Morgan fingerprint density at radius 1 is 1.47 bits per heavy atom. The van der Waals surface area contributed by atoms with Gasteiger partial charge in [0.25, 0.3) is 0 Å². The second-order valence-electron chi connectivity index (χ2n) is 6.41. The van der Waals surface area contributed by atoms with Gasteiger partial charge in [-0.3, -0.25) is 4.79 Å². The van der Waals surface area contributed by atoms with Crippen molar-refractivity contribution >= 4 is 5.91 Å². The first-order valence-electron chi connectivity index (χ1n) is 6.58. The van der Waals surface area contributed by atoms with Crippen molar-refractivity contribution in [1.29, 1.82) is 0 Å². The summed E-state index contributed by atoms with van der Waals surface area (Å²) in [4.78, 5) is 12.0. The van der Waals surface area contributed by atoms with Crippen LogP contribution in [-0.2, 0) is 4.79 Å². The van der Waals surface area contributed by atoms with Crippen LogP contribution in [0.15, 0.2) is 0 Å². The third kappa shape index (κ3) is 2.80. The first kappa shape index (κ1) is 12.8. The van der Waals surface area contributed by atoms with E-state index < -0.39 is 0 Å². The molecule has 0 aromatic carbocycles. The molecule has 0 bridgehead atoms. The molecule has 1 unspecified atom stereocenters. The van der Waals surface area contributed by atoms with E-state index in [2.05, 4.69) is 10.6 Å². The highest BCUT2D eigenvalue weighted by Gasteiger charge is 2.57. The molecule has 98 valence electrons. The van der Waals surface area contributed by atoms with Crippen LogP contribution in [0.4, 0.5) is 0 Å². The van der Waals surface area contributed by atoms with E-state index in [1.807, 2.05) is 13.8 Å². The molecular weight excluding hydrogens is 216 g/mol. The van der Waals surface area contributed by atoms with Crippen LogP contribution in [0.25, 0.3) is 0 Å². The van der Waals surface area contributed by atoms with Crippen LogP contribution in [-0.4, -0.2) is 37.3 Å². The van der Waals surface area contributed by atoms with E-state index in [1.165, 1.54) is 0 Å². The molecular formula is C13H24N2O2. The molecule has 2 fully saturated rings. The first-order chi connectivity index (χ1) is 7.99. The van der Waals surface area contributed by atoms with Gasteiger partial charge >= 0.3 is 0 Å². The quantitative estimate of drug-likeness (QED) is 0.671. The summed E-state index contributed by atoms with van der Waals surface area (Å²) in [5.41, 5.74) is 0.0878. The van der Waals surface area contributed by atoms with Crippen molar-refractivity contribution in [3.63, 3.8) is 0 Å². The zero-order valence-corrected chi connectivity index (χ0v) is 10.9. The zero-order valence-electron chi connectivity index (χ0n) is 10.9. The van der Waals surface area contributed by atoms with Gasteiger partial charge in [0.1, 0.15) is 0 Å². The molecule has 0 radical (unpaired) electrons. The number of piperidine rings is 1. The molecule has 0 aromatic rings. The van der Waals surface area contributed by atoms with Crippen LogP contribution in [0, 0.1) is 16.7 Å². The summed E-state index contributed by atoms with van der Waals surface area (Å²) in [6.45, 7) is 6.68. The van der Waals surface area contributed by atoms with E-state index in [9.17, 15) is 4.79 Å². The van der Waals surface area contributed by atoms with Crippen LogP contribution < -0.4 is 10.6 Å². The maximum absolute atomic E-state index is 12.0. The lowest BCUT2D eigenvalue weighted by molar-refractivity contribution is -0.123. The van der Waals surface area contributed by atoms with Crippen LogP contribution in [0.5, 0.6) is 0 Å². The fourth-order valence-corrected chi connectivity index (χ4v) is 2.70. The maximum Gasteiger partial charge on any atom is 0.223 e. The fourth-order valence-electron chi connectivity index (χ4n) is 2.70. The van der Waals surface area contributed by atoms with Crippen molar-refractivity contribution in [1.82, 2.24) is 10.6 Å². The van der Waals surface area contributed by atoms with Gasteiger partial charge < -0.3 is 15.7 Å². The second-order valence-corrected chi connectivity index (χ2v) is 6.41. The fraction of sp³-hybridized carbons (Fsp3) is 0.923. The minimum atomic E-state index is -0.216. The molecule has 3 N–H and O–H groups in total. The Morgan fingerprint density at radius 3 is 2.71 bits per heavy atom. The third-order valence-corrected chi connectivity index (χ3v) is 4.27. The number of hydrogen-bond donors (Lipinski definition) is 3. The van der Waals surface area contributed by atoms with E-state index in [0.29, 0.717) is 12.0 Å². The maximum atomic E-state index is 12.0. The highest BCUT2D eigenvalue weighted by atomic mass is 16.3. The predicted molar refractivity (Wildman–Crippen MR) is 66.5 cm³/mol. The molecule has 17 heavy (non-hydrogen) atoms. The molecule has 1 spiro atoms. The number of carbonyl (C=O) groups is 1. The van der Waals surface area contributed by atoms with Crippen LogP contribution in [0.1, 0.15) is 33.1 Å². The Bertz CT molecular complexity index is 296. The van der Waals surface area contributed by atoms with Gasteiger partial charge in [0.05, 0.1) is 0 Å². The molecule has 1 aliphatic heterocycles. The van der Waals surface area contributed by atoms with Gasteiger partial charge in [0.15, 0.2) is 0 Å². The van der Waals surface area contributed by atoms with Gasteiger partial charge in [-0.2, -0.15) is 0 Å². The van der Waals surface area contributed by atoms with Gasteiger partial charge in [-0.1, -0.05) is 13.8 Å². The van der Waals surface area contributed by atoms with E-state index in [0.717, 1.165) is 32.4 Å². The number of aliphatic hydroxyl groups excluding tert-OH is 1. The number of amides is 1. The SMILES string of the molecule is CC(C)(CO)CNC(=O)C1CC12CCNCC2. The van der Waals surface area contributed by atoms with Crippen LogP contribution >= 0.6 is 0 Å². The molecule has 4 nitrogen and oxygen atoms in total. The highest BCUT2D eigenvalue weighted by molar-refractivity contribution is 5.82. The molecule has 1 aliphatic carbocycles. The van der Waals surface area contributed by atoms with Gasteiger partial charge in [-0.15, -0.1) is 0 Å². The number of hydrogen-bond acceptors (Lipinski definition) is 3. The normalized spacial score (nSPS) is 26.9. The zero-order chi connectivity index (χ0) is 12.5. The first-order valence-corrected chi connectivity index (χ1v) is 6.58. The average molecular weight is 240 g/mol. The molecule has 1 heterocycles. The molecule has 1 saturated carbocycles. The largest absolute Gasteiger partial charge is 0.396 e. The van der Waals surface area contributed by atoms with Crippen molar-refractivity contribution in [2.75, 3.05) is 26.2 Å². The smallest absolute Gasteiger partial charge is 0.223 e. The number of nitrogens with one attached hydrogen (secondary N) is 2. The Labute approximate surface area is 103 Å². The van der Waals surface area contributed by atoms with E-state index in [-0.39, 0.29) is 23.8 Å². The Morgan fingerprint density at radius 2 is 2.12 bits per heavy atom. The average Bonchev–Trinajstić information content (AvgIpc) is 3.01. The number of rotatable bonds is 4. The van der Waals surface area contributed by atoms with Crippen molar-refractivity contribution < 1.29 is 9.90 Å². The van der Waals surface area contributed by atoms with E-state index in [1.54, 1.807) is 0 Å². The van der Waals surface area contributed by atoms with Crippen molar-refractivity contribution in [3.05, 3.63) is 0 Å². The topological polar surface area (TPSA) is 61.4 Å². The molecule has 1 atom stereocenters. The summed E-state index contributed by atoms with van der Waals surface area (Å²) in [6, 6.07) is 0. The van der Waals surface area contributed by atoms with Gasteiger partial charge in [0, 0.05) is 24.5 Å². The van der Waals surface area contributed by atoms with Crippen molar-refractivity contribution in [3.8, 4) is 0 Å². The lowest BCUT2D eigenvalue weighted by atomic mass is 9.91. The second kappa shape index (κ2) is 4.58. The Kier molecular flexibility index (Phi) is 3.46. The third-order valence-electron chi connectivity index (χ3n) is 4.27. The van der Waals surface area contributed by atoms with Crippen LogP contribution in [0.3, 0.4) is 0 Å². The molecule has 2 rings (SSSR count). The van der Waals surface area contributed by atoms with E-state index in [4.69, 9.17) is 5.11 Å². The summed E-state index contributed by atoms with van der Waals surface area (Å²) in [7, 11) is 0. The molecule has 2 aliphatic rings. The lowest BCUT2D eigenvalue weighted by Crippen LogP contribution is -2.38. The molecule has 4 heteroatoms. The highest BCUT2D eigenvalue weighted by Crippen LogP contribution is 2.58. The predicted octanol–water partition coefficient (Wildman–Crippen LogP) is 0.511. The molecule has 1 saturated heterocycles. The summed E-state index contributed by atoms with van der Waals surface area (Å²) < 4.78 is 0. The summed E-state index contributed by atoms with van der Waals surface area (Å²) in [5.74, 6) is 0.410. The number of aliphatic hydroxyl groups is 1. The standard InChI is InChI=1S/C13H24N2O2/c1-12(2,9-16)8-15-11(17)10-7-13(10)3-5-14-6-4-13/h10,14,16H,3-9H2,1-2H3,(H,15,17). The molecule has 0 aromatic heterocycles. The van der Waals surface area contributed by atoms with E-state index >= 15 is 0 Å².